The van der Waals surface area contributed by atoms with E-state index in [9.17, 15) is 9.59 Å². The number of hydrogen-bond donors (Lipinski definition) is 1. The lowest BCUT2D eigenvalue weighted by Crippen LogP contribution is -2.39. The summed E-state index contributed by atoms with van der Waals surface area (Å²) in [5.74, 6) is 0.776. The summed E-state index contributed by atoms with van der Waals surface area (Å²) < 4.78 is 8.08. The van der Waals surface area contributed by atoms with Gasteiger partial charge >= 0.3 is 5.69 Å². The fourth-order valence-corrected chi connectivity index (χ4v) is 1.84. The standard InChI is InChI=1S/C13H21N3O3/c1-15-11(7-12(17)16(2)13(15)18)8-14-5-6-19-9-10-3-4-10/h7,10,14H,3-6,8-9H2,1-2H3. The molecule has 0 saturated heterocycles. The summed E-state index contributed by atoms with van der Waals surface area (Å²) in [7, 11) is 3.15. The maximum atomic E-state index is 11.7. The van der Waals surface area contributed by atoms with Crippen molar-refractivity contribution >= 4 is 0 Å². The van der Waals surface area contributed by atoms with E-state index in [0.29, 0.717) is 18.8 Å². The maximum Gasteiger partial charge on any atom is 0.330 e. The van der Waals surface area contributed by atoms with Crippen LogP contribution >= 0.6 is 0 Å². The van der Waals surface area contributed by atoms with Gasteiger partial charge in [0.2, 0.25) is 0 Å². The average Bonchev–Trinajstić information content (AvgIpc) is 3.21. The molecule has 1 aromatic rings. The molecule has 0 atom stereocenters. The largest absolute Gasteiger partial charge is 0.380 e. The van der Waals surface area contributed by atoms with Crippen LogP contribution in [-0.4, -0.2) is 28.9 Å². The molecule has 6 nitrogen and oxygen atoms in total. The highest BCUT2D eigenvalue weighted by Gasteiger charge is 2.20. The van der Waals surface area contributed by atoms with Gasteiger partial charge in [-0.2, -0.15) is 0 Å². The van der Waals surface area contributed by atoms with Gasteiger partial charge in [-0.3, -0.25) is 13.9 Å². The topological polar surface area (TPSA) is 65.3 Å². The van der Waals surface area contributed by atoms with Crippen LogP contribution in [0.2, 0.25) is 0 Å². The van der Waals surface area contributed by atoms with E-state index in [1.807, 2.05) is 0 Å². The van der Waals surface area contributed by atoms with Gasteiger partial charge in [0.1, 0.15) is 0 Å². The van der Waals surface area contributed by atoms with Crippen molar-refractivity contribution < 1.29 is 4.74 Å². The van der Waals surface area contributed by atoms with Gasteiger partial charge in [0.15, 0.2) is 0 Å². The molecule has 0 amide bonds. The van der Waals surface area contributed by atoms with E-state index in [4.69, 9.17) is 4.74 Å². The lowest BCUT2D eigenvalue weighted by molar-refractivity contribution is 0.126. The second-order valence-electron chi connectivity index (χ2n) is 5.07. The van der Waals surface area contributed by atoms with Crippen LogP contribution in [0.5, 0.6) is 0 Å². The summed E-state index contributed by atoms with van der Waals surface area (Å²) in [6.07, 6.45) is 2.59. The highest BCUT2D eigenvalue weighted by molar-refractivity contribution is 5.01. The van der Waals surface area contributed by atoms with Gasteiger partial charge in [-0.15, -0.1) is 0 Å². The van der Waals surface area contributed by atoms with Crippen molar-refractivity contribution in [3.8, 4) is 0 Å². The van der Waals surface area contributed by atoms with E-state index in [-0.39, 0.29) is 11.2 Å². The molecule has 0 spiro atoms. The first kappa shape index (κ1) is 14.0. The highest BCUT2D eigenvalue weighted by Crippen LogP contribution is 2.28. The van der Waals surface area contributed by atoms with Crippen molar-refractivity contribution in [2.75, 3.05) is 19.8 Å². The van der Waals surface area contributed by atoms with Crippen molar-refractivity contribution in [2.24, 2.45) is 20.0 Å². The minimum absolute atomic E-state index is 0.273. The van der Waals surface area contributed by atoms with Crippen molar-refractivity contribution in [1.29, 1.82) is 0 Å². The van der Waals surface area contributed by atoms with Gasteiger partial charge in [-0.05, 0) is 18.8 Å². The average molecular weight is 267 g/mol. The third-order valence-electron chi connectivity index (χ3n) is 3.41. The monoisotopic (exact) mass is 267 g/mol. The normalized spacial score (nSPS) is 14.8. The van der Waals surface area contributed by atoms with Gasteiger partial charge in [-0.25, -0.2) is 4.79 Å². The predicted molar refractivity (Wildman–Crippen MR) is 72.2 cm³/mol. The van der Waals surface area contributed by atoms with Gasteiger partial charge in [0.25, 0.3) is 5.56 Å². The van der Waals surface area contributed by atoms with Crippen molar-refractivity contribution in [2.45, 2.75) is 19.4 Å². The predicted octanol–water partition coefficient (Wildman–Crippen LogP) is -0.400. The summed E-state index contributed by atoms with van der Waals surface area (Å²) in [6, 6.07) is 1.49. The Morgan fingerprint density at radius 2 is 2.05 bits per heavy atom. The Morgan fingerprint density at radius 3 is 2.74 bits per heavy atom. The second kappa shape index (κ2) is 6.16. The molecule has 1 aliphatic carbocycles. The summed E-state index contributed by atoms with van der Waals surface area (Å²) >= 11 is 0. The molecule has 1 saturated carbocycles. The first-order valence-electron chi connectivity index (χ1n) is 6.64. The number of nitrogens with zero attached hydrogens (tertiary/aromatic N) is 2. The Labute approximate surface area is 112 Å². The lowest BCUT2D eigenvalue weighted by Gasteiger charge is -2.10. The zero-order valence-electron chi connectivity index (χ0n) is 11.5. The van der Waals surface area contributed by atoms with Gasteiger partial charge in [0, 0.05) is 45.6 Å². The Hall–Kier alpha value is -1.40. The van der Waals surface area contributed by atoms with Gasteiger partial charge < -0.3 is 10.1 Å². The molecule has 6 heteroatoms. The summed E-state index contributed by atoms with van der Waals surface area (Å²) in [5, 5.41) is 3.18. The van der Waals surface area contributed by atoms with Crippen LogP contribution in [0.4, 0.5) is 0 Å². The van der Waals surface area contributed by atoms with Crippen LogP contribution in [0, 0.1) is 5.92 Å². The van der Waals surface area contributed by atoms with E-state index in [1.54, 1.807) is 7.05 Å². The van der Waals surface area contributed by atoms with Crippen LogP contribution in [0.15, 0.2) is 15.7 Å². The van der Waals surface area contributed by atoms with Crippen LogP contribution < -0.4 is 16.6 Å². The minimum Gasteiger partial charge on any atom is -0.380 e. The van der Waals surface area contributed by atoms with Gasteiger partial charge in [0.05, 0.1) is 6.61 Å². The molecular formula is C13H21N3O3. The SMILES string of the molecule is Cn1c(CNCCOCC2CC2)cc(=O)n(C)c1=O. The minimum atomic E-state index is -0.297. The van der Waals surface area contributed by atoms with E-state index < -0.39 is 0 Å². The first-order chi connectivity index (χ1) is 9.09. The summed E-state index contributed by atoms with van der Waals surface area (Å²) in [5.41, 5.74) is 0.120. The Bertz CT molecular complexity index is 543. The lowest BCUT2D eigenvalue weighted by atomic mass is 10.4. The molecule has 1 N–H and O–H groups in total. The second-order valence-corrected chi connectivity index (χ2v) is 5.07. The fraction of sp³-hybridized carbons (Fsp3) is 0.692. The number of nitrogens with one attached hydrogen (secondary N) is 1. The molecule has 19 heavy (non-hydrogen) atoms. The molecule has 0 aliphatic heterocycles. The molecule has 1 aromatic heterocycles. The van der Waals surface area contributed by atoms with Gasteiger partial charge in [-0.1, -0.05) is 0 Å². The molecule has 106 valence electrons. The van der Waals surface area contributed by atoms with Crippen molar-refractivity contribution in [3.05, 3.63) is 32.6 Å². The van der Waals surface area contributed by atoms with Crippen molar-refractivity contribution in [3.63, 3.8) is 0 Å². The van der Waals surface area contributed by atoms with Crippen molar-refractivity contribution in [1.82, 2.24) is 14.5 Å². The third kappa shape index (κ3) is 3.78. The smallest absolute Gasteiger partial charge is 0.330 e. The highest BCUT2D eigenvalue weighted by atomic mass is 16.5. The molecule has 0 unspecified atom stereocenters. The van der Waals surface area contributed by atoms with E-state index in [2.05, 4.69) is 5.32 Å². The molecule has 0 radical (unpaired) electrons. The molecular weight excluding hydrogens is 246 g/mol. The summed E-state index contributed by atoms with van der Waals surface area (Å²) in [4.78, 5) is 23.2. The Balaban J connectivity index is 1.78. The molecule has 1 fully saturated rings. The molecule has 1 aliphatic rings. The molecule has 0 aromatic carbocycles. The van der Waals surface area contributed by atoms with Crippen LogP contribution in [0.3, 0.4) is 0 Å². The number of hydrogen-bond acceptors (Lipinski definition) is 4. The molecule has 0 bridgehead atoms. The Morgan fingerprint density at radius 1 is 1.32 bits per heavy atom. The third-order valence-corrected chi connectivity index (χ3v) is 3.41. The van der Waals surface area contributed by atoms with E-state index >= 15 is 0 Å². The number of aromatic nitrogens is 2. The van der Waals surface area contributed by atoms with E-state index in [1.165, 1.54) is 30.5 Å². The van der Waals surface area contributed by atoms with Crippen LogP contribution in [0.25, 0.3) is 0 Å². The zero-order valence-corrected chi connectivity index (χ0v) is 11.5. The van der Waals surface area contributed by atoms with E-state index in [0.717, 1.165) is 23.6 Å². The van der Waals surface area contributed by atoms with Crippen LogP contribution in [-0.2, 0) is 25.4 Å². The Kier molecular flexibility index (Phi) is 4.55. The molecule has 2 rings (SSSR count). The number of ether oxygens (including phenoxy) is 1. The molecule has 1 heterocycles. The maximum absolute atomic E-state index is 11.7. The quantitative estimate of drug-likeness (QED) is 0.683. The number of rotatable bonds is 7. The zero-order chi connectivity index (χ0) is 13.8. The van der Waals surface area contributed by atoms with Crippen LogP contribution in [0.1, 0.15) is 18.5 Å². The summed E-state index contributed by atoms with van der Waals surface area (Å²) in [6.45, 7) is 2.73. The fourth-order valence-electron chi connectivity index (χ4n) is 1.84. The first-order valence-corrected chi connectivity index (χ1v) is 6.64.